The fraction of sp³-hybridized carbons (Fsp3) is 0.705. The molecule has 1 aliphatic heterocycles. The number of aliphatic hydroxyl groups excluding tert-OH is 5. The molecule has 1 fully saturated rings. The third kappa shape index (κ3) is 25.4. The maximum Gasteiger partial charge on any atom is 0.220 e. The number of nitrogens with one attached hydrogen (secondary N) is 1. The van der Waals surface area contributed by atoms with Crippen LogP contribution in [0.1, 0.15) is 142 Å². The lowest BCUT2D eigenvalue weighted by atomic mass is 9.99. The summed E-state index contributed by atoms with van der Waals surface area (Å²) in [6.45, 7) is 3.58. The standard InChI is InChI=1S/C44H75NO8/c1-3-5-7-9-10-11-12-13-14-15-16-17-18-19-20-21-22-23-24-25-26-27-28-30-32-34-40(48)45-37(38(47)33-31-29-8-6-4-2)36-52-44-43(51)42(50)41(49)39(35-46)53-44/h5,7,10-11,13-14,16-17,19-20,22-23,37-39,41-44,46-47,49-51H,3-4,6,8-9,12,15,18,21,24-36H2,1-2H3,(H,45,48)/b7-5-,11-10-,14-13-,17-16-,20-19-,23-22-. The first-order chi connectivity index (χ1) is 25.8. The summed E-state index contributed by atoms with van der Waals surface area (Å²) in [5.41, 5.74) is 0. The summed E-state index contributed by atoms with van der Waals surface area (Å²) in [5.74, 6) is -0.171. The molecule has 1 amide bonds. The van der Waals surface area contributed by atoms with Gasteiger partial charge in [0.15, 0.2) is 6.29 Å². The molecule has 304 valence electrons. The van der Waals surface area contributed by atoms with E-state index in [0.717, 1.165) is 109 Å². The second kappa shape index (κ2) is 34.1. The summed E-state index contributed by atoms with van der Waals surface area (Å²) < 4.78 is 11.1. The molecule has 0 aromatic carbocycles. The molecule has 0 aromatic heterocycles. The molecule has 1 saturated heterocycles. The van der Waals surface area contributed by atoms with Crippen LogP contribution in [-0.4, -0.2) is 87.5 Å². The number of carbonyl (C=O) groups is 1. The molecule has 53 heavy (non-hydrogen) atoms. The van der Waals surface area contributed by atoms with Crippen LogP contribution in [0.5, 0.6) is 0 Å². The van der Waals surface area contributed by atoms with E-state index < -0.39 is 49.5 Å². The fourth-order valence-electron chi connectivity index (χ4n) is 5.98. The van der Waals surface area contributed by atoms with Gasteiger partial charge in [0.05, 0.1) is 25.4 Å². The van der Waals surface area contributed by atoms with Gasteiger partial charge in [-0.3, -0.25) is 4.79 Å². The maximum atomic E-state index is 12.8. The van der Waals surface area contributed by atoms with Crippen molar-refractivity contribution in [2.45, 2.75) is 185 Å². The quantitative estimate of drug-likeness (QED) is 0.0302. The van der Waals surface area contributed by atoms with Gasteiger partial charge in [0.2, 0.25) is 5.91 Å². The Morgan fingerprint density at radius 3 is 1.74 bits per heavy atom. The van der Waals surface area contributed by atoms with E-state index in [1.54, 1.807) is 0 Å². The third-order valence-electron chi connectivity index (χ3n) is 9.32. The van der Waals surface area contributed by atoms with Crippen LogP contribution in [0.25, 0.3) is 0 Å². The molecule has 0 radical (unpaired) electrons. The van der Waals surface area contributed by atoms with Gasteiger partial charge in [0.1, 0.15) is 24.4 Å². The summed E-state index contributed by atoms with van der Waals surface area (Å²) in [6, 6.07) is -0.727. The number of ether oxygens (including phenoxy) is 2. The van der Waals surface area contributed by atoms with E-state index in [0.29, 0.717) is 12.8 Å². The van der Waals surface area contributed by atoms with Crippen molar-refractivity contribution in [3.05, 3.63) is 72.9 Å². The van der Waals surface area contributed by atoms with E-state index in [1.165, 1.54) is 6.42 Å². The number of allylic oxidation sites excluding steroid dienone is 12. The fourth-order valence-corrected chi connectivity index (χ4v) is 5.98. The van der Waals surface area contributed by atoms with E-state index in [2.05, 4.69) is 92.1 Å². The van der Waals surface area contributed by atoms with Gasteiger partial charge in [-0.25, -0.2) is 0 Å². The zero-order valence-electron chi connectivity index (χ0n) is 33.0. The zero-order chi connectivity index (χ0) is 38.8. The Labute approximate surface area is 321 Å². The van der Waals surface area contributed by atoms with Gasteiger partial charge in [0, 0.05) is 6.42 Å². The minimum Gasteiger partial charge on any atom is -0.394 e. The number of rotatable bonds is 32. The molecule has 0 bridgehead atoms. The van der Waals surface area contributed by atoms with E-state index in [4.69, 9.17) is 9.47 Å². The highest BCUT2D eigenvalue weighted by atomic mass is 16.7. The molecule has 7 unspecified atom stereocenters. The van der Waals surface area contributed by atoms with Gasteiger partial charge in [-0.2, -0.15) is 0 Å². The Hall–Kier alpha value is -2.37. The highest BCUT2D eigenvalue weighted by Crippen LogP contribution is 2.23. The van der Waals surface area contributed by atoms with Crippen LogP contribution in [-0.2, 0) is 14.3 Å². The van der Waals surface area contributed by atoms with Gasteiger partial charge in [-0.1, -0.05) is 145 Å². The van der Waals surface area contributed by atoms with Crippen molar-refractivity contribution in [3.8, 4) is 0 Å². The van der Waals surface area contributed by atoms with Crippen molar-refractivity contribution in [3.63, 3.8) is 0 Å². The smallest absolute Gasteiger partial charge is 0.220 e. The van der Waals surface area contributed by atoms with E-state index in [1.807, 2.05) is 0 Å². The largest absolute Gasteiger partial charge is 0.394 e. The summed E-state index contributed by atoms with van der Waals surface area (Å²) in [5, 5.41) is 53.7. The summed E-state index contributed by atoms with van der Waals surface area (Å²) in [7, 11) is 0. The molecule has 0 spiro atoms. The Kier molecular flexibility index (Phi) is 31.3. The van der Waals surface area contributed by atoms with Crippen LogP contribution in [0, 0.1) is 0 Å². The molecule has 1 aliphatic rings. The summed E-state index contributed by atoms with van der Waals surface area (Å²) >= 11 is 0. The van der Waals surface area contributed by atoms with Gasteiger partial charge >= 0.3 is 0 Å². The number of carbonyl (C=O) groups excluding carboxylic acids is 1. The predicted octanol–water partition coefficient (Wildman–Crippen LogP) is 7.83. The normalized spacial score (nSPS) is 22.4. The SMILES string of the molecule is CC/C=C\C/C=C\C/C=C\C/C=C\C/C=C\C/C=C\CCCCCCCCC(=O)NC(COC1OC(CO)C(O)C(O)C1O)C(O)CCCCCCC. The minimum absolute atomic E-state index is 0.151. The van der Waals surface area contributed by atoms with Crippen molar-refractivity contribution in [2.24, 2.45) is 0 Å². The molecule has 0 aromatic rings. The van der Waals surface area contributed by atoms with Crippen molar-refractivity contribution in [1.29, 1.82) is 0 Å². The highest BCUT2D eigenvalue weighted by molar-refractivity contribution is 5.76. The van der Waals surface area contributed by atoms with Gasteiger partial charge in [-0.05, 0) is 64.2 Å². The molecule has 1 rings (SSSR count). The van der Waals surface area contributed by atoms with E-state index in [9.17, 15) is 30.3 Å². The third-order valence-corrected chi connectivity index (χ3v) is 9.32. The molecule has 0 aliphatic carbocycles. The van der Waals surface area contributed by atoms with E-state index in [-0.39, 0.29) is 12.5 Å². The lowest BCUT2D eigenvalue weighted by Gasteiger charge is -2.40. The number of hydrogen-bond donors (Lipinski definition) is 6. The Morgan fingerprint density at radius 2 is 1.17 bits per heavy atom. The molecule has 9 nitrogen and oxygen atoms in total. The average Bonchev–Trinajstić information content (AvgIpc) is 3.16. The molecule has 9 heteroatoms. The minimum atomic E-state index is -1.56. The van der Waals surface area contributed by atoms with Gasteiger partial charge in [0.25, 0.3) is 0 Å². The lowest BCUT2D eigenvalue weighted by molar-refractivity contribution is -0.302. The summed E-state index contributed by atoms with van der Waals surface area (Å²) in [4.78, 5) is 12.8. The van der Waals surface area contributed by atoms with Crippen LogP contribution in [0.2, 0.25) is 0 Å². The Morgan fingerprint density at radius 1 is 0.660 bits per heavy atom. The van der Waals surface area contributed by atoms with Crippen molar-refractivity contribution < 1.29 is 39.8 Å². The number of unbranched alkanes of at least 4 members (excludes halogenated alkanes) is 10. The number of amides is 1. The lowest BCUT2D eigenvalue weighted by Crippen LogP contribution is -2.60. The molecular formula is C44H75NO8. The second-order valence-corrected chi connectivity index (χ2v) is 14.1. The number of hydrogen-bond acceptors (Lipinski definition) is 8. The molecule has 0 saturated carbocycles. The van der Waals surface area contributed by atoms with Gasteiger partial charge in [-0.15, -0.1) is 0 Å². The van der Waals surface area contributed by atoms with Crippen molar-refractivity contribution in [1.82, 2.24) is 5.32 Å². The first-order valence-corrected chi connectivity index (χ1v) is 20.6. The molecule has 6 N–H and O–H groups in total. The van der Waals surface area contributed by atoms with Crippen molar-refractivity contribution >= 4 is 5.91 Å². The summed E-state index contributed by atoms with van der Waals surface area (Å²) in [6.07, 6.45) is 38.1. The Bertz CT molecular complexity index is 1050. The van der Waals surface area contributed by atoms with E-state index >= 15 is 0 Å². The first kappa shape index (κ1) is 48.6. The average molecular weight is 746 g/mol. The van der Waals surface area contributed by atoms with Crippen LogP contribution in [0.3, 0.4) is 0 Å². The molecule has 7 atom stereocenters. The zero-order valence-corrected chi connectivity index (χ0v) is 33.0. The Balaban J connectivity index is 2.22. The topological polar surface area (TPSA) is 149 Å². The molecule has 1 heterocycles. The van der Waals surface area contributed by atoms with Crippen LogP contribution < -0.4 is 5.32 Å². The maximum absolute atomic E-state index is 12.8. The van der Waals surface area contributed by atoms with Crippen molar-refractivity contribution in [2.75, 3.05) is 13.2 Å². The highest BCUT2D eigenvalue weighted by Gasteiger charge is 2.44. The predicted molar refractivity (Wildman–Crippen MR) is 216 cm³/mol. The van der Waals surface area contributed by atoms with Crippen LogP contribution in [0.4, 0.5) is 0 Å². The monoisotopic (exact) mass is 746 g/mol. The van der Waals surface area contributed by atoms with Crippen LogP contribution in [0.15, 0.2) is 72.9 Å². The van der Waals surface area contributed by atoms with Crippen LogP contribution >= 0.6 is 0 Å². The van der Waals surface area contributed by atoms with Gasteiger partial charge < -0.3 is 40.3 Å². The molecular weight excluding hydrogens is 670 g/mol. The second-order valence-electron chi connectivity index (χ2n) is 14.1. The first-order valence-electron chi connectivity index (χ1n) is 20.6. The number of aliphatic hydroxyl groups is 5.